The molecule has 2 rings (SSSR count). The highest BCUT2D eigenvalue weighted by atomic mass is 16.3. The van der Waals surface area contributed by atoms with E-state index in [4.69, 9.17) is 5.73 Å². The van der Waals surface area contributed by atoms with Gasteiger partial charge in [-0.1, -0.05) is 6.07 Å². The SMILES string of the molecule is Cc1cc(-c2ccc(O)c(N)c2)ccn1. The Bertz CT molecular complexity index is 495. The number of hydrogen-bond donors (Lipinski definition) is 2. The highest BCUT2D eigenvalue weighted by Crippen LogP contribution is 2.27. The number of anilines is 1. The highest BCUT2D eigenvalue weighted by Gasteiger charge is 2.01. The van der Waals surface area contributed by atoms with Gasteiger partial charge in [-0.25, -0.2) is 0 Å². The topological polar surface area (TPSA) is 59.1 Å². The number of pyridine rings is 1. The van der Waals surface area contributed by atoms with Crippen molar-refractivity contribution in [3.8, 4) is 16.9 Å². The minimum Gasteiger partial charge on any atom is -0.506 e. The number of nitrogen functional groups attached to an aromatic ring is 1. The molecule has 1 aromatic carbocycles. The summed E-state index contributed by atoms with van der Waals surface area (Å²) in [6, 6.07) is 9.08. The van der Waals surface area contributed by atoms with Crippen LogP contribution in [0.1, 0.15) is 5.69 Å². The summed E-state index contributed by atoms with van der Waals surface area (Å²) in [5.74, 6) is 0.115. The van der Waals surface area contributed by atoms with Gasteiger partial charge in [0.15, 0.2) is 0 Å². The summed E-state index contributed by atoms with van der Waals surface area (Å²) in [4.78, 5) is 4.12. The molecule has 15 heavy (non-hydrogen) atoms. The fraction of sp³-hybridized carbons (Fsp3) is 0.0833. The molecule has 0 unspecified atom stereocenters. The standard InChI is InChI=1S/C12H12N2O/c1-8-6-10(4-5-14-8)9-2-3-12(15)11(13)7-9/h2-7,15H,13H2,1H3. The van der Waals surface area contributed by atoms with Gasteiger partial charge in [0.05, 0.1) is 5.69 Å². The monoisotopic (exact) mass is 200 g/mol. The minimum absolute atomic E-state index is 0.115. The second-order valence-corrected chi connectivity index (χ2v) is 3.46. The molecule has 76 valence electrons. The summed E-state index contributed by atoms with van der Waals surface area (Å²) in [7, 11) is 0. The number of aromatic hydroxyl groups is 1. The fourth-order valence-electron chi connectivity index (χ4n) is 1.46. The number of phenolic OH excluding ortho intramolecular Hbond substituents is 1. The Morgan fingerprint density at radius 3 is 2.53 bits per heavy atom. The lowest BCUT2D eigenvalue weighted by molar-refractivity contribution is 0.478. The number of benzene rings is 1. The number of aromatic nitrogens is 1. The van der Waals surface area contributed by atoms with E-state index >= 15 is 0 Å². The molecular weight excluding hydrogens is 188 g/mol. The van der Waals surface area contributed by atoms with Crippen LogP contribution in [0, 0.1) is 6.92 Å². The van der Waals surface area contributed by atoms with Gasteiger partial charge in [0.25, 0.3) is 0 Å². The summed E-state index contributed by atoms with van der Waals surface area (Å²) in [5, 5.41) is 9.31. The molecule has 3 N–H and O–H groups in total. The first-order valence-corrected chi connectivity index (χ1v) is 4.68. The third kappa shape index (κ3) is 1.91. The molecule has 3 nitrogen and oxygen atoms in total. The van der Waals surface area contributed by atoms with Gasteiger partial charge >= 0.3 is 0 Å². The second kappa shape index (κ2) is 3.61. The van der Waals surface area contributed by atoms with Crippen molar-refractivity contribution < 1.29 is 5.11 Å². The molecule has 0 aliphatic heterocycles. The molecule has 0 saturated carbocycles. The van der Waals surface area contributed by atoms with Crippen molar-refractivity contribution in [2.24, 2.45) is 0 Å². The third-order valence-electron chi connectivity index (χ3n) is 2.26. The van der Waals surface area contributed by atoms with Gasteiger partial charge < -0.3 is 10.8 Å². The van der Waals surface area contributed by atoms with Gasteiger partial charge in [-0.05, 0) is 42.3 Å². The highest BCUT2D eigenvalue weighted by molar-refractivity contribution is 5.70. The van der Waals surface area contributed by atoms with Crippen LogP contribution in [0.25, 0.3) is 11.1 Å². The summed E-state index contributed by atoms with van der Waals surface area (Å²) >= 11 is 0. The van der Waals surface area contributed by atoms with Crippen molar-refractivity contribution in [1.29, 1.82) is 0 Å². The normalized spacial score (nSPS) is 10.2. The predicted octanol–water partition coefficient (Wildman–Crippen LogP) is 2.34. The van der Waals surface area contributed by atoms with Crippen molar-refractivity contribution in [1.82, 2.24) is 4.98 Å². The largest absolute Gasteiger partial charge is 0.506 e. The summed E-state index contributed by atoms with van der Waals surface area (Å²) < 4.78 is 0. The Kier molecular flexibility index (Phi) is 2.29. The van der Waals surface area contributed by atoms with E-state index in [2.05, 4.69) is 4.98 Å². The predicted molar refractivity (Wildman–Crippen MR) is 60.5 cm³/mol. The maximum Gasteiger partial charge on any atom is 0.138 e. The Labute approximate surface area is 88.2 Å². The Hall–Kier alpha value is -2.03. The van der Waals surface area contributed by atoms with Crippen LogP contribution >= 0.6 is 0 Å². The Morgan fingerprint density at radius 1 is 1.13 bits per heavy atom. The smallest absolute Gasteiger partial charge is 0.138 e. The lowest BCUT2D eigenvalue weighted by atomic mass is 10.1. The number of hydrogen-bond acceptors (Lipinski definition) is 3. The van der Waals surface area contributed by atoms with Crippen molar-refractivity contribution in [3.63, 3.8) is 0 Å². The molecule has 3 heteroatoms. The van der Waals surface area contributed by atoms with Crippen molar-refractivity contribution in [3.05, 3.63) is 42.2 Å². The van der Waals surface area contributed by atoms with Crippen LogP contribution in [-0.4, -0.2) is 10.1 Å². The lowest BCUT2D eigenvalue weighted by Crippen LogP contribution is -1.88. The van der Waals surface area contributed by atoms with Gasteiger partial charge in [0.2, 0.25) is 0 Å². The lowest BCUT2D eigenvalue weighted by Gasteiger charge is -2.04. The van der Waals surface area contributed by atoms with E-state index < -0.39 is 0 Å². The number of phenols is 1. The van der Waals surface area contributed by atoms with E-state index in [9.17, 15) is 5.11 Å². The average Bonchev–Trinajstić information content (AvgIpc) is 2.22. The van der Waals surface area contributed by atoms with Crippen LogP contribution in [0.5, 0.6) is 5.75 Å². The first-order chi connectivity index (χ1) is 7.16. The van der Waals surface area contributed by atoms with E-state index in [1.54, 1.807) is 18.3 Å². The van der Waals surface area contributed by atoms with Crippen molar-refractivity contribution in [2.45, 2.75) is 6.92 Å². The van der Waals surface area contributed by atoms with Gasteiger partial charge in [-0.3, -0.25) is 4.98 Å². The van der Waals surface area contributed by atoms with E-state index in [0.717, 1.165) is 16.8 Å². The number of rotatable bonds is 1. The Balaban J connectivity index is 2.50. The molecular formula is C12H12N2O. The third-order valence-corrected chi connectivity index (χ3v) is 2.26. The van der Waals surface area contributed by atoms with E-state index in [1.807, 2.05) is 25.1 Å². The van der Waals surface area contributed by atoms with E-state index in [0.29, 0.717) is 5.69 Å². The molecule has 1 heterocycles. The number of aryl methyl sites for hydroxylation is 1. The second-order valence-electron chi connectivity index (χ2n) is 3.46. The molecule has 0 aliphatic carbocycles. The van der Waals surface area contributed by atoms with Gasteiger partial charge in [0, 0.05) is 11.9 Å². The van der Waals surface area contributed by atoms with E-state index in [-0.39, 0.29) is 5.75 Å². The van der Waals surface area contributed by atoms with Crippen LogP contribution in [0.4, 0.5) is 5.69 Å². The van der Waals surface area contributed by atoms with Gasteiger partial charge in [-0.2, -0.15) is 0 Å². The maximum absolute atomic E-state index is 9.31. The molecule has 2 aromatic rings. The molecule has 1 aromatic heterocycles. The number of nitrogens with zero attached hydrogens (tertiary/aromatic N) is 1. The molecule has 0 spiro atoms. The van der Waals surface area contributed by atoms with Crippen LogP contribution < -0.4 is 5.73 Å². The average molecular weight is 200 g/mol. The molecule has 0 amide bonds. The van der Waals surface area contributed by atoms with Crippen LogP contribution in [-0.2, 0) is 0 Å². The van der Waals surface area contributed by atoms with E-state index in [1.165, 1.54) is 0 Å². The summed E-state index contributed by atoms with van der Waals surface area (Å²) in [6.45, 7) is 1.94. The van der Waals surface area contributed by atoms with Crippen molar-refractivity contribution >= 4 is 5.69 Å². The molecule has 0 saturated heterocycles. The van der Waals surface area contributed by atoms with Gasteiger partial charge in [-0.15, -0.1) is 0 Å². The van der Waals surface area contributed by atoms with Crippen molar-refractivity contribution in [2.75, 3.05) is 5.73 Å². The summed E-state index contributed by atoms with van der Waals surface area (Å²) in [5.41, 5.74) is 9.01. The first-order valence-electron chi connectivity index (χ1n) is 4.68. The van der Waals surface area contributed by atoms with Crippen LogP contribution in [0.3, 0.4) is 0 Å². The molecule has 0 bridgehead atoms. The fourth-order valence-corrected chi connectivity index (χ4v) is 1.46. The number of nitrogens with two attached hydrogens (primary N) is 1. The molecule has 0 radical (unpaired) electrons. The zero-order valence-corrected chi connectivity index (χ0v) is 8.44. The zero-order chi connectivity index (χ0) is 10.8. The minimum atomic E-state index is 0.115. The zero-order valence-electron chi connectivity index (χ0n) is 8.44. The summed E-state index contributed by atoms with van der Waals surface area (Å²) in [6.07, 6.45) is 1.76. The van der Waals surface area contributed by atoms with Crippen LogP contribution in [0.2, 0.25) is 0 Å². The molecule has 0 atom stereocenters. The first kappa shape index (κ1) is 9.52. The Morgan fingerprint density at radius 2 is 1.87 bits per heavy atom. The quantitative estimate of drug-likeness (QED) is 0.548. The molecule has 0 fully saturated rings. The van der Waals surface area contributed by atoms with Gasteiger partial charge in [0.1, 0.15) is 5.75 Å². The van der Waals surface area contributed by atoms with Crippen LogP contribution in [0.15, 0.2) is 36.5 Å². The molecule has 0 aliphatic rings. The maximum atomic E-state index is 9.31.